The molecule has 0 aromatic carbocycles. The zero-order chi connectivity index (χ0) is 10.5. The van der Waals surface area contributed by atoms with Crippen LogP contribution in [0.4, 0.5) is 0 Å². The van der Waals surface area contributed by atoms with Crippen molar-refractivity contribution in [3.05, 3.63) is 16.1 Å². The van der Waals surface area contributed by atoms with Gasteiger partial charge in [-0.1, -0.05) is 0 Å². The maximum absolute atomic E-state index is 4.45. The second-order valence-electron chi connectivity index (χ2n) is 4.05. The van der Waals surface area contributed by atoms with Gasteiger partial charge in [0.05, 0.1) is 5.01 Å². The largest absolute Gasteiger partial charge is 0.315 e. The first-order valence-corrected chi connectivity index (χ1v) is 6.50. The fourth-order valence-corrected chi connectivity index (χ4v) is 2.90. The highest BCUT2D eigenvalue weighted by Gasteiger charge is 2.11. The van der Waals surface area contributed by atoms with E-state index in [0.717, 1.165) is 13.0 Å². The standard InChI is InChI=1S/C11H19N3S/c1-12-8-10-9-13-11(15-10)4-7-14-5-2-3-6-14/h9,12H,2-8H2,1H3. The summed E-state index contributed by atoms with van der Waals surface area (Å²) in [5.41, 5.74) is 0. The molecule has 0 atom stereocenters. The average molecular weight is 225 g/mol. The average Bonchev–Trinajstić information content (AvgIpc) is 2.85. The molecule has 1 aliphatic heterocycles. The van der Waals surface area contributed by atoms with Gasteiger partial charge >= 0.3 is 0 Å². The highest BCUT2D eigenvalue weighted by molar-refractivity contribution is 7.11. The lowest BCUT2D eigenvalue weighted by atomic mass is 10.4. The minimum Gasteiger partial charge on any atom is -0.315 e. The molecule has 0 spiro atoms. The number of thiazole rings is 1. The van der Waals surface area contributed by atoms with Crippen LogP contribution < -0.4 is 5.32 Å². The van der Waals surface area contributed by atoms with Crippen molar-refractivity contribution in [3.8, 4) is 0 Å². The summed E-state index contributed by atoms with van der Waals surface area (Å²) in [6, 6.07) is 0. The lowest BCUT2D eigenvalue weighted by Gasteiger charge is -2.12. The smallest absolute Gasteiger partial charge is 0.0940 e. The Bertz CT molecular complexity index is 292. The van der Waals surface area contributed by atoms with Crippen LogP contribution >= 0.6 is 11.3 Å². The molecule has 1 aliphatic rings. The number of nitrogens with one attached hydrogen (secondary N) is 1. The van der Waals surface area contributed by atoms with Crippen LogP contribution in [-0.4, -0.2) is 36.6 Å². The predicted octanol–water partition coefficient (Wildman–Crippen LogP) is 1.50. The third kappa shape index (κ3) is 3.26. The van der Waals surface area contributed by atoms with E-state index in [-0.39, 0.29) is 0 Å². The number of hydrogen-bond donors (Lipinski definition) is 1. The molecule has 15 heavy (non-hydrogen) atoms. The van der Waals surface area contributed by atoms with Gasteiger partial charge in [0, 0.05) is 30.6 Å². The summed E-state index contributed by atoms with van der Waals surface area (Å²) in [4.78, 5) is 8.33. The van der Waals surface area contributed by atoms with Crippen LogP contribution in [0.1, 0.15) is 22.7 Å². The van der Waals surface area contributed by atoms with Crippen LogP contribution in [0.3, 0.4) is 0 Å². The number of rotatable bonds is 5. The molecule has 1 aromatic rings. The van der Waals surface area contributed by atoms with Gasteiger partial charge in [0.15, 0.2) is 0 Å². The van der Waals surface area contributed by atoms with Gasteiger partial charge in [-0.15, -0.1) is 11.3 Å². The topological polar surface area (TPSA) is 28.2 Å². The Hall–Kier alpha value is -0.450. The molecule has 0 saturated carbocycles. The highest BCUT2D eigenvalue weighted by atomic mass is 32.1. The van der Waals surface area contributed by atoms with Crippen molar-refractivity contribution in [1.82, 2.24) is 15.2 Å². The predicted molar refractivity (Wildman–Crippen MR) is 64.3 cm³/mol. The summed E-state index contributed by atoms with van der Waals surface area (Å²) in [7, 11) is 1.98. The van der Waals surface area contributed by atoms with Crippen molar-refractivity contribution < 1.29 is 0 Å². The van der Waals surface area contributed by atoms with Crippen molar-refractivity contribution in [2.45, 2.75) is 25.8 Å². The van der Waals surface area contributed by atoms with Crippen molar-refractivity contribution in [2.24, 2.45) is 0 Å². The molecule has 1 aromatic heterocycles. The molecule has 0 aliphatic carbocycles. The van der Waals surface area contributed by atoms with Crippen LogP contribution in [-0.2, 0) is 13.0 Å². The van der Waals surface area contributed by atoms with E-state index >= 15 is 0 Å². The molecule has 3 nitrogen and oxygen atoms in total. The zero-order valence-corrected chi connectivity index (χ0v) is 10.1. The van der Waals surface area contributed by atoms with Gasteiger partial charge in [-0.25, -0.2) is 4.98 Å². The Morgan fingerprint density at radius 2 is 2.27 bits per heavy atom. The second kappa shape index (κ2) is 5.58. The van der Waals surface area contributed by atoms with Gasteiger partial charge in [-0.05, 0) is 33.0 Å². The summed E-state index contributed by atoms with van der Waals surface area (Å²) < 4.78 is 0. The molecule has 4 heteroatoms. The molecule has 1 N–H and O–H groups in total. The maximum atomic E-state index is 4.45. The lowest BCUT2D eigenvalue weighted by molar-refractivity contribution is 0.343. The van der Waals surface area contributed by atoms with Crippen molar-refractivity contribution in [2.75, 3.05) is 26.7 Å². The normalized spacial score (nSPS) is 17.4. The van der Waals surface area contributed by atoms with Gasteiger partial charge in [0.25, 0.3) is 0 Å². The monoisotopic (exact) mass is 225 g/mol. The minimum atomic E-state index is 0.946. The Labute approximate surface area is 95.5 Å². The molecular weight excluding hydrogens is 206 g/mol. The second-order valence-corrected chi connectivity index (χ2v) is 5.25. The molecule has 0 radical (unpaired) electrons. The molecule has 1 fully saturated rings. The lowest BCUT2D eigenvalue weighted by Crippen LogP contribution is -2.21. The third-order valence-corrected chi connectivity index (χ3v) is 3.85. The van der Waals surface area contributed by atoms with Gasteiger partial charge in [0.1, 0.15) is 0 Å². The quantitative estimate of drug-likeness (QED) is 0.823. The van der Waals surface area contributed by atoms with Crippen LogP contribution in [0.2, 0.25) is 0 Å². The fraction of sp³-hybridized carbons (Fsp3) is 0.727. The van der Waals surface area contributed by atoms with Gasteiger partial charge in [0.2, 0.25) is 0 Å². The summed E-state index contributed by atoms with van der Waals surface area (Å²) in [6.45, 7) is 4.71. The summed E-state index contributed by atoms with van der Waals surface area (Å²) >= 11 is 1.84. The first kappa shape index (κ1) is 11.0. The Morgan fingerprint density at radius 3 is 3.00 bits per heavy atom. The Morgan fingerprint density at radius 1 is 1.47 bits per heavy atom. The van der Waals surface area contributed by atoms with E-state index in [4.69, 9.17) is 0 Å². The third-order valence-electron chi connectivity index (χ3n) is 2.79. The molecular formula is C11H19N3S. The van der Waals surface area contributed by atoms with Gasteiger partial charge in [-0.2, -0.15) is 0 Å². The summed E-state index contributed by atoms with van der Waals surface area (Å²) in [6.07, 6.45) is 5.88. The number of likely N-dealkylation sites (tertiary alicyclic amines) is 1. The number of nitrogens with zero attached hydrogens (tertiary/aromatic N) is 2. The van der Waals surface area contributed by atoms with E-state index in [2.05, 4.69) is 15.2 Å². The highest BCUT2D eigenvalue weighted by Crippen LogP contribution is 2.15. The minimum absolute atomic E-state index is 0.946. The van der Waals surface area contributed by atoms with Crippen molar-refractivity contribution >= 4 is 11.3 Å². The Kier molecular flexibility index (Phi) is 4.11. The summed E-state index contributed by atoms with van der Waals surface area (Å²) in [5.74, 6) is 0. The molecule has 2 rings (SSSR count). The molecule has 0 unspecified atom stereocenters. The van der Waals surface area contributed by atoms with Gasteiger partial charge < -0.3 is 10.2 Å². The van der Waals surface area contributed by atoms with Crippen LogP contribution in [0.5, 0.6) is 0 Å². The van der Waals surface area contributed by atoms with E-state index in [1.807, 2.05) is 24.6 Å². The van der Waals surface area contributed by atoms with E-state index in [0.29, 0.717) is 0 Å². The van der Waals surface area contributed by atoms with Crippen molar-refractivity contribution in [1.29, 1.82) is 0 Å². The van der Waals surface area contributed by atoms with Crippen LogP contribution in [0.25, 0.3) is 0 Å². The first-order valence-electron chi connectivity index (χ1n) is 5.69. The van der Waals surface area contributed by atoms with Gasteiger partial charge in [-0.3, -0.25) is 0 Å². The van der Waals surface area contributed by atoms with Crippen LogP contribution in [0, 0.1) is 0 Å². The molecule has 0 bridgehead atoms. The van der Waals surface area contributed by atoms with E-state index < -0.39 is 0 Å². The molecule has 2 heterocycles. The number of hydrogen-bond acceptors (Lipinski definition) is 4. The molecule has 0 amide bonds. The zero-order valence-electron chi connectivity index (χ0n) is 9.33. The summed E-state index contributed by atoms with van der Waals surface area (Å²) in [5, 5.41) is 4.44. The van der Waals surface area contributed by atoms with Crippen molar-refractivity contribution in [3.63, 3.8) is 0 Å². The SMILES string of the molecule is CNCc1cnc(CCN2CCCC2)s1. The Balaban J connectivity index is 1.77. The fourth-order valence-electron chi connectivity index (χ4n) is 1.98. The van der Waals surface area contributed by atoms with E-state index in [9.17, 15) is 0 Å². The van der Waals surface area contributed by atoms with E-state index in [1.54, 1.807) is 0 Å². The molecule has 1 saturated heterocycles. The first-order chi connectivity index (χ1) is 7.38. The maximum Gasteiger partial charge on any atom is 0.0940 e. The van der Waals surface area contributed by atoms with E-state index in [1.165, 1.54) is 42.4 Å². The van der Waals surface area contributed by atoms with Crippen LogP contribution in [0.15, 0.2) is 6.20 Å². The molecule has 84 valence electrons. The number of aromatic nitrogens is 1.